The molecule has 1 aliphatic heterocycles. The lowest BCUT2D eigenvalue weighted by Gasteiger charge is -2.25. The van der Waals surface area contributed by atoms with Gasteiger partial charge in [-0.2, -0.15) is 16.8 Å². The second kappa shape index (κ2) is 10.5. The highest BCUT2D eigenvalue weighted by molar-refractivity contribution is 7.80. The second-order valence-electron chi connectivity index (χ2n) is 3.80. The molecule has 0 aromatic carbocycles. The van der Waals surface area contributed by atoms with E-state index < -0.39 is 20.8 Å². The van der Waals surface area contributed by atoms with Crippen molar-refractivity contribution in [1.82, 2.24) is 4.90 Å². The van der Waals surface area contributed by atoms with Gasteiger partial charge in [0, 0.05) is 0 Å². The van der Waals surface area contributed by atoms with E-state index in [9.17, 15) is 0 Å². The summed E-state index contributed by atoms with van der Waals surface area (Å²) in [6, 6.07) is 0. The van der Waals surface area contributed by atoms with Gasteiger partial charge in [-0.25, -0.2) is 0 Å². The fourth-order valence-electron chi connectivity index (χ4n) is 1.50. The Morgan fingerprint density at radius 2 is 1.16 bits per heavy atom. The highest BCUT2D eigenvalue weighted by atomic mass is 32.3. The summed E-state index contributed by atoms with van der Waals surface area (Å²) in [5.41, 5.74) is 0. The maximum Gasteiger partial charge on any atom is 0.394 e. The van der Waals surface area contributed by atoms with Crippen molar-refractivity contribution in [3.8, 4) is 0 Å². The van der Waals surface area contributed by atoms with E-state index in [1.165, 1.54) is 45.3 Å². The zero-order valence-electron chi connectivity index (χ0n) is 10.6. The van der Waals surface area contributed by atoms with Crippen LogP contribution in [0, 0.1) is 0 Å². The molecular weight excluding hydrogens is 302 g/mol. The largest absolute Gasteiger partial charge is 0.394 e. The van der Waals surface area contributed by atoms with Gasteiger partial charge in [0.1, 0.15) is 0 Å². The van der Waals surface area contributed by atoms with Crippen LogP contribution in [0.2, 0.25) is 0 Å². The molecule has 1 rings (SSSR count). The predicted octanol–water partition coefficient (Wildman–Crippen LogP) is 0.577. The van der Waals surface area contributed by atoms with E-state index in [1.807, 2.05) is 0 Å². The van der Waals surface area contributed by atoms with E-state index in [2.05, 4.69) is 11.8 Å². The molecule has 0 radical (unpaired) electrons. The standard InChI is InChI=1S/C8H17N.2H2O4S/c1-2-6-9-7-4-3-5-8-9;2*1-5(2,3)4/h2-8H2,1H3;2*(H2,1,2,3,4). The van der Waals surface area contributed by atoms with Gasteiger partial charge in [0.2, 0.25) is 0 Å². The summed E-state index contributed by atoms with van der Waals surface area (Å²) in [5, 5.41) is 0. The molecule has 1 fully saturated rings. The predicted molar refractivity (Wildman–Crippen MR) is 68.9 cm³/mol. The summed E-state index contributed by atoms with van der Waals surface area (Å²) in [7, 11) is -9.33. The SMILES string of the molecule is CCCN1CCCCC1.O=S(=O)(O)O.O=S(=O)(O)O. The highest BCUT2D eigenvalue weighted by Crippen LogP contribution is 2.07. The van der Waals surface area contributed by atoms with Gasteiger partial charge in [-0.05, 0) is 38.9 Å². The van der Waals surface area contributed by atoms with Gasteiger partial charge in [-0.3, -0.25) is 18.2 Å². The average molecular weight is 323 g/mol. The van der Waals surface area contributed by atoms with Gasteiger partial charge in [-0.1, -0.05) is 13.3 Å². The van der Waals surface area contributed by atoms with Gasteiger partial charge in [0.25, 0.3) is 0 Å². The molecule has 0 aromatic heterocycles. The Hall–Kier alpha value is -0.300. The monoisotopic (exact) mass is 323 g/mol. The van der Waals surface area contributed by atoms with Crippen molar-refractivity contribution in [1.29, 1.82) is 0 Å². The van der Waals surface area contributed by atoms with Crippen LogP contribution in [0.5, 0.6) is 0 Å². The minimum absolute atomic E-state index is 1.32. The molecule has 19 heavy (non-hydrogen) atoms. The molecule has 1 aliphatic rings. The van der Waals surface area contributed by atoms with E-state index in [0.717, 1.165) is 0 Å². The molecule has 0 bridgehead atoms. The summed E-state index contributed by atoms with van der Waals surface area (Å²) in [6.45, 7) is 6.29. The Balaban J connectivity index is 0. The lowest BCUT2D eigenvalue weighted by molar-refractivity contribution is 0.229. The van der Waals surface area contributed by atoms with Crippen molar-refractivity contribution in [2.75, 3.05) is 19.6 Å². The number of piperidine rings is 1. The molecule has 1 heterocycles. The van der Waals surface area contributed by atoms with Gasteiger partial charge >= 0.3 is 20.8 Å². The third-order valence-electron chi connectivity index (χ3n) is 1.99. The van der Waals surface area contributed by atoms with Crippen molar-refractivity contribution in [2.24, 2.45) is 0 Å². The first kappa shape index (κ1) is 21.0. The fraction of sp³-hybridized carbons (Fsp3) is 1.00. The quantitative estimate of drug-likeness (QED) is 0.534. The van der Waals surface area contributed by atoms with Crippen molar-refractivity contribution < 1.29 is 35.0 Å². The molecule has 0 aromatic rings. The fourth-order valence-corrected chi connectivity index (χ4v) is 1.50. The summed E-state index contributed by atoms with van der Waals surface area (Å²) in [4.78, 5) is 2.57. The lowest BCUT2D eigenvalue weighted by atomic mass is 10.1. The minimum atomic E-state index is -4.67. The van der Waals surface area contributed by atoms with Crippen LogP contribution in [0.1, 0.15) is 32.6 Å². The Morgan fingerprint density at radius 3 is 1.42 bits per heavy atom. The summed E-state index contributed by atoms with van der Waals surface area (Å²) in [6.07, 6.45) is 5.64. The van der Waals surface area contributed by atoms with Crippen LogP contribution in [0.4, 0.5) is 0 Å². The average Bonchev–Trinajstić information content (AvgIpc) is 2.14. The van der Waals surface area contributed by atoms with Crippen LogP contribution in [0.3, 0.4) is 0 Å². The van der Waals surface area contributed by atoms with E-state index in [1.54, 1.807) is 0 Å². The van der Waals surface area contributed by atoms with Crippen LogP contribution in [0.15, 0.2) is 0 Å². The van der Waals surface area contributed by atoms with E-state index in [-0.39, 0.29) is 0 Å². The first-order chi connectivity index (χ1) is 8.43. The van der Waals surface area contributed by atoms with Crippen LogP contribution in [-0.4, -0.2) is 59.6 Å². The number of hydrogen-bond acceptors (Lipinski definition) is 5. The minimum Gasteiger partial charge on any atom is -0.303 e. The highest BCUT2D eigenvalue weighted by Gasteiger charge is 2.07. The number of rotatable bonds is 2. The molecule has 0 unspecified atom stereocenters. The normalized spacial score (nSPS) is 16.7. The molecule has 0 spiro atoms. The Morgan fingerprint density at radius 1 is 0.842 bits per heavy atom. The zero-order valence-corrected chi connectivity index (χ0v) is 12.3. The van der Waals surface area contributed by atoms with Gasteiger partial charge in [0.15, 0.2) is 0 Å². The van der Waals surface area contributed by atoms with Crippen molar-refractivity contribution >= 4 is 20.8 Å². The molecule has 9 nitrogen and oxygen atoms in total. The number of likely N-dealkylation sites (tertiary alicyclic amines) is 1. The van der Waals surface area contributed by atoms with Crippen LogP contribution >= 0.6 is 0 Å². The van der Waals surface area contributed by atoms with E-state index in [0.29, 0.717) is 0 Å². The van der Waals surface area contributed by atoms with Crippen LogP contribution < -0.4 is 0 Å². The Kier molecular flexibility index (Phi) is 11.6. The maximum absolute atomic E-state index is 8.74. The second-order valence-corrected chi connectivity index (χ2v) is 5.59. The first-order valence-corrected chi connectivity index (χ1v) is 8.35. The molecule has 1 saturated heterocycles. The molecule has 0 amide bonds. The van der Waals surface area contributed by atoms with Gasteiger partial charge in [0.05, 0.1) is 0 Å². The maximum atomic E-state index is 8.74. The third-order valence-corrected chi connectivity index (χ3v) is 1.99. The van der Waals surface area contributed by atoms with Gasteiger partial charge in [-0.15, -0.1) is 0 Å². The number of nitrogens with zero attached hydrogens (tertiary/aromatic N) is 1. The van der Waals surface area contributed by atoms with Gasteiger partial charge < -0.3 is 4.90 Å². The molecule has 0 aliphatic carbocycles. The Labute approximate surface area is 113 Å². The number of hydrogen-bond donors (Lipinski definition) is 4. The third kappa shape index (κ3) is 38.1. The van der Waals surface area contributed by atoms with Crippen LogP contribution in [0.25, 0.3) is 0 Å². The molecule has 4 N–H and O–H groups in total. The lowest BCUT2D eigenvalue weighted by Crippen LogP contribution is -2.30. The molecular formula is C8H21NO8S2. The molecule has 11 heteroatoms. The van der Waals surface area contributed by atoms with Crippen molar-refractivity contribution in [2.45, 2.75) is 32.6 Å². The molecule has 0 saturated carbocycles. The van der Waals surface area contributed by atoms with Crippen molar-refractivity contribution in [3.63, 3.8) is 0 Å². The topological polar surface area (TPSA) is 152 Å². The van der Waals surface area contributed by atoms with Crippen molar-refractivity contribution in [3.05, 3.63) is 0 Å². The summed E-state index contributed by atoms with van der Waals surface area (Å²) < 4.78 is 63.2. The van der Waals surface area contributed by atoms with E-state index >= 15 is 0 Å². The summed E-state index contributed by atoms with van der Waals surface area (Å²) in [5.74, 6) is 0. The van der Waals surface area contributed by atoms with E-state index in [4.69, 9.17) is 35.0 Å². The first-order valence-electron chi connectivity index (χ1n) is 5.55. The molecule has 118 valence electrons. The molecule has 0 atom stereocenters. The van der Waals surface area contributed by atoms with Crippen LogP contribution in [-0.2, 0) is 20.8 Å². The summed E-state index contributed by atoms with van der Waals surface area (Å²) >= 11 is 0. The Bertz CT molecular complexity index is 350. The smallest absolute Gasteiger partial charge is 0.303 e. The zero-order chi connectivity index (χ0) is 15.5.